The Hall–Kier alpha value is -0.0400. The molecule has 1 aliphatic rings. The Bertz CT molecular complexity index is 127. The third-order valence-corrected chi connectivity index (χ3v) is 3.77. The van der Waals surface area contributed by atoms with E-state index < -0.39 is 0 Å². The first-order valence-electron chi connectivity index (χ1n) is 5.96. The van der Waals surface area contributed by atoms with E-state index in [9.17, 15) is 0 Å². The van der Waals surface area contributed by atoms with Gasteiger partial charge in [-0.2, -0.15) is 0 Å². The van der Waals surface area contributed by atoms with E-state index in [4.69, 9.17) is 0 Å². The second-order valence-corrected chi connectivity index (χ2v) is 4.71. The molecule has 1 fully saturated rings. The number of hydrogen-bond acceptors (Lipinski definition) is 1. The molecule has 0 bridgehead atoms. The van der Waals surface area contributed by atoms with Gasteiger partial charge in [0.1, 0.15) is 0 Å². The third-order valence-electron chi connectivity index (χ3n) is 3.77. The normalized spacial score (nSPS) is 24.2. The molecule has 78 valence electrons. The lowest BCUT2D eigenvalue weighted by molar-refractivity contribution is 0.204. The molecule has 2 atom stereocenters. The van der Waals surface area contributed by atoms with Crippen LogP contribution in [0.2, 0.25) is 0 Å². The smallest absolute Gasteiger partial charge is 0.00462 e. The molecule has 0 radical (unpaired) electrons. The van der Waals surface area contributed by atoms with Gasteiger partial charge in [0, 0.05) is 0 Å². The van der Waals surface area contributed by atoms with Crippen LogP contribution in [0.3, 0.4) is 0 Å². The molecule has 1 N–H and O–H groups in total. The first kappa shape index (κ1) is 11.0. The largest absolute Gasteiger partial charge is 0.317 e. The molecule has 0 amide bonds. The fraction of sp³-hybridized carbons (Fsp3) is 1.00. The summed E-state index contributed by atoms with van der Waals surface area (Å²) in [5.74, 6) is 2.85. The lowest BCUT2D eigenvalue weighted by atomic mass is 9.77. The molecule has 0 aromatic carbocycles. The predicted molar refractivity (Wildman–Crippen MR) is 58.8 cm³/mol. The Morgan fingerprint density at radius 3 is 2.38 bits per heavy atom. The summed E-state index contributed by atoms with van der Waals surface area (Å²) in [6, 6.07) is 0. The van der Waals surface area contributed by atoms with Crippen LogP contribution in [0, 0.1) is 17.8 Å². The van der Waals surface area contributed by atoms with Gasteiger partial charge in [-0.15, -0.1) is 0 Å². The van der Waals surface area contributed by atoms with E-state index in [0.29, 0.717) is 0 Å². The molecule has 2 unspecified atom stereocenters. The summed E-state index contributed by atoms with van der Waals surface area (Å²) in [5, 5.41) is 3.44. The van der Waals surface area contributed by atoms with Crippen LogP contribution in [-0.2, 0) is 0 Å². The summed E-state index contributed by atoms with van der Waals surface area (Å²) < 4.78 is 0. The van der Waals surface area contributed by atoms with Crippen molar-refractivity contribution >= 4 is 0 Å². The van der Waals surface area contributed by atoms with Crippen LogP contribution in [0.1, 0.15) is 46.5 Å². The van der Waals surface area contributed by atoms with Crippen LogP contribution < -0.4 is 5.32 Å². The topological polar surface area (TPSA) is 12.0 Å². The zero-order valence-electron chi connectivity index (χ0n) is 9.47. The first-order chi connectivity index (χ1) is 6.25. The minimum absolute atomic E-state index is 0.924. The third kappa shape index (κ3) is 3.30. The Morgan fingerprint density at radius 1 is 1.23 bits per heavy atom. The maximum absolute atomic E-state index is 3.44. The van der Waals surface area contributed by atoms with Gasteiger partial charge in [0.05, 0.1) is 0 Å². The second-order valence-electron chi connectivity index (χ2n) is 4.71. The summed E-state index contributed by atoms with van der Waals surface area (Å²) in [4.78, 5) is 0. The van der Waals surface area contributed by atoms with Gasteiger partial charge in [0.2, 0.25) is 0 Å². The Kier molecular flexibility index (Phi) is 4.79. The minimum Gasteiger partial charge on any atom is -0.317 e. The van der Waals surface area contributed by atoms with Crippen molar-refractivity contribution in [3.8, 4) is 0 Å². The Morgan fingerprint density at radius 2 is 1.85 bits per heavy atom. The molecule has 1 heteroatoms. The van der Waals surface area contributed by atoms with Gasteiger partial charge in [0.25, 0.3) is 0 Å². The van der Waals surface area contributed by atoms with Crippen LogP contribution >= 0.6 is 0 Å². The molecule has 1 nitrogen and oxygen atoms in total. The quantitative estimate of drug-likeness (QED) is 0.706. The van der Waals surface area contributed by atoms with Gasteiger partial charge in [-0.3, -0.25) is 0 Å². The second kappa shape index (κ2) is 5.64. The summed E-state index contributed by atoms with van der Waals surface area (Å²) in [6.07, 6.45) is 5.55. The van der Waals surface area contributed by atoms with Gasteiger partial charge >= 0.3 is 0 Å². The maximum Gasteiger partial charge on any atom is -0.00462 e. The molecular weight excluding hydrogens is 158 g/mol. The standard InChI is InChI=1S/C12H25N/c1-4-5-10(2)11(3)12-6-8-13-9-7-12/h10-13H,4-9H2,1-3H3. The molecule has 1 heterocycles. The van der Waals surface area contributed by atoms with E-state index in [2.05, 4.69) is 26.1 Å². The average Bonchev–Trinajstić information content (AvgIpc) is 2.18. The van der Waals surface area contributed by atoms with Crippen LogP contribution in [0.15, 0.2) is 0 Å². The van der Waals surface area contributed by atoms with E-state index in [-0.39, 0.29) is 0 Å². The summed E-state index contributed by atoms with van der Waals surface area (Å²) in [5.41, 5.74) is 0. The number of piperidine rings is 1. The summed E-state index contributed by atoms with van der Waals surface area (Å²) >= 11 is 0. The van der Waals surface area contributed by atoms with Crippen LogP contribution in [0.5, 0.6) is 0 Å². The zero-order chi connectivity index (χ0) is 9.68. The fourth-order valence-electron chi connectivity index (χ4n) is 2.55. The molecule has 0 saturated carbocycles. The van der Waals surface area contributed by atoms with Crippen molar-refractivity contribution in [1.82, 2.24) is 5.32 Å². The highest BCUT2D eigenvalue weighted by Gasteiger charge is 2.23. The molecule has 0 aromatic rings. The average molecular weight is 183 g/mol. The van der Waals surface area contributed by atoms with Crippen LogP contribution in [0.25, 0.3) is 0 Å². The van der Waals surface area contributed by atoms with Crippen LogP contribution in [-0.4, -0.2) is 13.1 Å². The van der Waals surface area contributed by atoms with Gasteiger partial charge in [-0.05, 0) is 43.7 Å². The maximum atomic E-state index is 3.44. The van der Waals surface area contributed by atoms with Gasteiger partial charge in [-0.25, -0.2) is 0 Å². The van der Waals surface area contributed by atoms with Gasteiger partial charge < -0.3 is 5.32 Å². The van der Waals surface area contributed by atoms with Crippen molar-refractivity contribution in [2.45, 2.75) is 46.5 Å². The van der Waals surface area contributed by atoms with E-state index in [1.54, 1.807) is 0 Å². The van der Waals surface area contributed by atoms with E-state index in [1.807, 2.05) is 0 Å². The highest BCUT2D eigenvalue weighted by atomic mass is 14.9. The van der Waals surface area contributed by atoms with Crippen molar-refractivity contribution in [3.05, 3.63) is 0 Å². The van der Waals surface area contributed by atoms with Crippen molar-refractivity contribution in [3.63, 3.8) is 0 Å². The van der Waals surface area contributed by atoms with Crippen LogP contribution in [0.4, 0.5) is 0 Å². The number of hydrogen-bond donors (Lipinski definition) is 1. The highest BCUT2D eigenvalue weighted by Crippen LogP contribution is 2.29. The molecular formula is C12H25N. The lowest BCUT2D eigenvalue weighted by Crippen LogP contribution is -2.32. The van der Waals surface area contributed by atoms with Gasteiger partial charge in [-0.1, -0.05) is 33.6 Å². The predicted octanol–water partition coefficient (Wildman–Crippen LogP) is 3.06. The molecule has 0 aromatic heterocycles. The summed E-state index contributed by atoms with van der Waals surface area (Å²) in [7, 11) is 0. The minimum atomic E-state index is 0.924. The fourth-order valence-corrected chi connectivity index (χ4v) is 2.55. The lowest BCUT2D eigenvalue weighted by Gasteiger charge is -2.32. The van der Waals surface area contributed by atoms with E-state index >= 15 is 0 Å². The van der Waals surface area contributed by atoms with E-state index in [0.717, 1.165) is 17.8 Å². The van der Waals surface area contributed by atoms with Crippen molar-refractivity contribution in [2.24, 2.45) is 17.8 Å². The molecule has 13 heavy (non-hydrogen) atoms. The Balaban J connectivity index is 2.31. The molecule has 0 spiro atoms. The molecule has 1 aliphatic heterocycles. The Labute approximate surface area is 83.3 Å². The van der Waals surface area contributed by atoms with Crippen molar-refractivity contribution in [2.75, 3.05) is 13.1 Å². The van der Waals surface area contributed by atoms with E-state index in [1.165, 1.54) is 38.8 Å². The van der Waals surface area contributed by atoms with Crippen molar-refractivity contribution < 1.29 is 0 Å². The first-order valence-corrected chi connectivity index (χ1v) is 5.96. The molecule has 0 aliphatic carbocycles. The number of rotatable bonds is 4. The zero-order valence-corrected chi connectivity index (χ0v) is 9.47. The molecule has 1 saturated heterocycles. The number of nitrogens with one attached hydrogen (secondary N) is 1. The highest BCUT2D eigenvalue weighted by molar-refractivity contribution is 4.76. The van der Waals surface area contributed by atoms with Crippen molar-refractivity contribution in [1.29, 1.82) is 0 Å². The van der Waals surface area contributed by atoms with Gasteiger partial charge in [0.15, 0.2) is 0 Å². The monoisotopic (exact) mass is 183 g/mol. The summed E-state index contributed by atoms with van der Waals surface area (Å²) in [6.45, 7) is 9.67. The molecule has 1 rings (SSSR count). The SMILES string of the molecule is CCCC(C)C(C)C1CCNCC1.